The molecular weight excluding hydrogens is 316 g/mol. The molecule has 0 radical (unpaired) electrons. The zero-order chi connectivity index (χ0) is 17.2. The summed E-state index contributed by atoms with van der Waals surface area (Å²) >= 11 is 0. The zero-order valence-electron chi connectivity index (χ0n) is 14.2. The third kappa shape index (κ3) is 2.89. The Balaban J connectivity index is 1.67. The number of fused-ring (bicyclic) bond motifs is 1. The lowest BCUT2D eigenvalue weighted by Crippen LogP contribution is -2.40. The summed E-state index contributed by atoms with van der Waals surface area (Å²) < 4.78 is 7.36. The average Bonchev–Trinajstić information content (AvgIpc) is 3.07. The van der Waals surface area contributed by atoms with Crippen molar-refractivity contribution in [2.45, 2.75) is 13.3 Å². The van der Waals surface area contributed by atoms with Crippen LogP contribution in [0.25, 0.3) is 16.9 Å². The molecule has 128 valence electrons. The van der Waals surface area contributed by atoms with Crippen LogP contribution in [0.4, 0.5) is 0 Å². The van der Waals surface area contributed by atoms with E-state index in [0.717, 1.165) is 29.1 Å². The van der Waals surface area contributed by atoms with E-state index in [4.69, 9.17) is 4.74 Å². The minimum atomic E-state index is 0.0548. The van der Waals surface area contributed by atoms with Gasteiger partial charge < -0.3 is 9.64 Å². The van der Waals surface area contributed by atoms with Crippen molar-refractivity contribution >= 4 is 17.1 Å². The Morgan fingerprint density at radius 1 is 1.16 bits per heavy atom. The van der Waals surface area contributed by atoms with Gasteiger partial charge in [-0.2, -0.15) is 0 Å². The lowest BCUT2D eigenvalue weighted by Gasteiger charge is -2.26. The Morgan fingerprint density at radius 3 is 2.64 bits per heavy atom. The highest BCUT2D eigenvalue weighted by Gasteiger charge is 2.19. The molecule has 1 aromatic carbocycles. The molecule has 3 aromatic rings. The summed E-state index contributed by atoms with van der Waals surface area (Å²) in [7, 11) is 0. The SMILES string of the molecule is CCc1nc2cccnc2n1-c1ccc(C(=O)N2CCOCC2)cc1. The standard InChI is InChI=1S/C19H20N4O2/c1-2-17-21-16-4-3-9-20-18(16)23(17)15-7-5-14(6-8-15)19(24)22-10-12-25-13-11-22/h3-9H,2,10-13H2,1H3. The molecule has 3 heterocycles. The van der Waals surface area contributed by atoms with Crippen LogP contribution in [0.15, 0.2) is 42.6 Å². The van der Waals surface area contributed by atoms with Crippen LogP contribution < -0.4 is 0 Å². The number of benzene rings is 1. The second kappa shape index (κ2) is 6.64. The average molecular weight is 336 g/mol. The normalized spacial score (nSPS) is 14.8. The quantitative estimate of drug-likeness (QED) is 0.737. The zero-order valence-corrected chi connectivity index (χ0v) is 14.2. The van der Waals surface area contributed by atoms with Crippen molar-refractivity contribution < 1.29 is 9.53 Å². The molecule has 6 heteroatoms. The Morgan fingerprint density at radius 2 is 1.92 bits per heavy atom. The molecule has 0 N–H and O–H groups in total. The predicted molar refractivity (Wildman–Crippen MR) is 95.0 cm³/mol. The van der Waals surface area contributed by atoms with Crippen molar-refractivity contribution in [2.75, 3.05) is 26.3 Å². The third-order valence-electron chi connectivity index (χ3n) is 4.47. The molecule has 1 fully saturated rings. The lowest BCUT2D eigenvalue weighted by atomic mass is 10.1. The van der Waals surface area contributed by atoms with Gasteiger partial charge in [-0.25, -0.2) is 9.97 Å². The molecule has 0 saturated carbocycles. The topological polar surface area (TPSA) is 60.2 Å². The summed E-state index contributed by atoms with van der Waals surface area (Å²) in [6.45, 7) is 4.59. The number of nitrogens with zero attached hydrogens (tertiary/aromatic N) is 4. The third-order valence-corrected chi connectivity index (χ3v) is 4.47. The number of hydrogen-bond donors (Lipinski definition) is 0. The molecule has 2 aromatic heterocycles. The summed E-state index contributed by atoms with van der Waals surface area (Å²) in [6.07, 6.45) is 2.58. The number of carbonyl (C=O) groups excluding carboxylic acids is 1. The van der Waals surface area contributed by atoms with E-state index in [9.17, 15) is 4.79 Å². The van der Waals surface area contributed by atoms with E-state index in [1.165, 1.54) is 0 Å². The smallest absolute Gasteiger partial charge is 0.254 e. The molecule has 1 amide bonds. The van der Waals surface area contributed by atoms with Gasteiger partial charge in [0.2, 0.25) is 0 Å². The summed E-state index contributed by atoms with van der Waals surface area (Å²) in [5, 5.41) is 0. The summed E-state index contributed by atoms with van der Waals surface area (Å²) in [5.74, 6) is 1.01. The predicted octanol–water partition coefficient (Wildman–Crippen LogP) is 2.46. The molecule has 0 atom stereocenters. The Bertz CT molecular complexity index is 895. The van der Waals surface area contributed by atoms with Gasteiger partial charge in [-0.3, -0.25) is 9.36 Å². The molecule has 0 aliphatic carbocycles. The highest BCUT2D eigenvalue weighted by Crippen LogP contribution is 2.21. The van der Waals surface area contributed by atoms with Crippen LogP contribution in [0.1, 0.15) is 23.1 Å². The van der Waals surface area contributed by atoms with Gasteiger partial charge >= 0.3 is 0 Å². The van der Waals surface area contributed by atoms with Crippen LogP contribution >= 0.6 is 0 Å². The second-order valence-corrected chi connectivity index (χ2v) is 6.01. The number of ether oxygens (including phenoxy) is 1. The van der Waals surface area contributed by atoms with Crippen LogP contribution in [0.3, 0.4) is 0 Å². The fourth-order valence-corrected chi connectivity index (χ4v) is 3.17. The first kappa shape index (κ1) is 15.8. The summed E-state index contributed by atoms with van der Waals surface area (Å²) in [5.41, 5.74) is 3.39. The van der Waals surface area contributed by atoms with Gasteiger partial charge in [0.1, 0.15) is 11.3 Å². The van der Waals surface area contributed by atoms with Crippen molar-refractivity contribution in [1.82, 2.24) is 19.4 Å². The largest absolute Gasteiger partial charge is 0.378 e. The molecule has 0 bridgehead atoms. The maximum Gasteiger partial charge on any atom is 0.254 e. The summed E-state index contributed by atoms with van der Waals surface area (Å²) in [4.78, 5) is 23.5. The van der Waals surface area contributed by atoms with Gasteiger partial charge in [-0.05, 0) is 36.4 Å². The number of amides is 1. The van der Waals surface area contributed by atoms with Crippen LogP contribution in [0, 0.1) is 0 Å². The van der Waals surface area contributed by atoms with Gasteiger partial charge in [-0.1, -0.05) is 6.92 Å². The van der Waals surface area contributed by atoms with Crippen molar-refractivity contribution in [3.8, 4) is 5.69 Å². The number of morpholine rings is 1. The van der Waals surface area contributed by atoms with Crippen molar-refractivity contribution in [2.24, 2.45) is 0 Å². The molecule has 0 spiro atoms. The van der Waals surface area contributed by atoms with Crippen LogP contribution in [0.2, 0.25) is 0 Å². The molecule has 1 aliphatic heterocycles. The second-order valence-electron chi connectivity index (χ2n) is 6.01. The van der Waals surface area contributed by atoms with Gasteiger partial charge in [0.05, 0.1) is 13.2 Å². The van der Waals surface area contributed by atoms with Gasteiger partial charge in [0.15, 0.2) is 5.65 Å². The number of pyridine rings is 1. The first-order valence-electron chi connectivity index (χ1n) is 8.57. The molecule has 0 unspecified atom stereocenters. The number of hydrogen-bond acceptors (Lipinski definition) is 4. The van der Waals surface area contributed by atoms with E-state index in [-0.39, 0.29) is 5.91 Å². The van der Waals surface area contributed by atoms with Crippen molar-refractivity contribution in [3.63, 3.8) is 0 Å². The maximum atomic E-state index is 12.6. The number of rotatable bonds is 3. The van der Waals surface area contributed by atoms with Gasteiger partial charge in [0, 0.05) is 37.0 Å². The summed E-state index contributed by atoms with van der Waals surface area (Å²) in [6, 6.07) is 11.5. The Kier molecular flexibility index (Phi) is 4.19. The first-order chi connectivity index (χ1) is 12.3. The van der Waals surface area contributed by atoms with Crippen molar-refractivity contribution in [3.05, 3.63) is 54.0 Å². The minimum Gasteiger partial charge on any atom is -0.378 e. The Hall–Kier alpha value is -2.73. The van der Waals surface area contributed by atoms with E-state index in [1.807, 2.05) is 41.3 Å². The number of aromatic nitrogens is 3. The maximum absolute atomic E-state index is 12.6. The number of carbonyl (C=O) groups is 1. The van der Waals surface area contributed by atoms with E-state index < -0.39 is 0 Å². The molecule has 6 nitrogen and oxygen atoms in total. The van der Waals surface area contributed by atoms with Crippen LogP contribution in [-0.2, 0) is 11.2 Å². The van der Waals surface area contributed by atoms with Crippen LogP contribution in [-0.4, -0.2) is 51.6 Å². The monoisotopic (exact) mass is 336 g/mol. The highest BCUT2D eigenvalue weighted by atomic mass is 16.5. The van der Waals surface area contributed by atoms with E-state index in [0.29, 0.717) is 31.9 Å². The molecule has 1 aliphatic rings. The molecule has 1 saturated heterocycles. The fourth-order valence-electron chi connectivity index (χ4n) is 3.17. The van der Waals surface area contributed by atoms with Crippen molar-refractivity contribution in [1.29, 1.82) is 0 Å². The number of imidazole rings is 1. The van der Waals surface area contributed by atoms with Gasteiger partial charge in [0.25, 0.3) is 5.91 Å². The van der Waals surface area contributed by atoms with E-state index in [2.05, 4.69) is 21.5 Å². The lowest BCUT2D eigenvalue weighted by molar-refractivity contribution is 0.0303. The van der Waals surface area contributed by atoms with Gasteiger partial charge in [-0.15, -0.1) is 0 Å². The molecular formula is C19H20N4O2. The van der Waals surface area contributed by atoms with Crippen LogP contribution in [0.5, 0.6) is 0 Å². The fraction of sp³-hybridized carbons (Fsp3) is 0.316. The first-order valence-corrected chi connectivity index (χ1v) is 8.57. The molecule has 25 heavy (non-hydrogen) atoms. The minimum absolute atomic E-state index is 0.0548. The van der Waals surface area contributed by atoms with E-state index >= 15 is 0 Å². The highest BCUT2D eigenvalue weighted by molar-refractivity contribution is 5.94. The molecule has 4 rings (SSSR count). The Labute approximate surface area is 146 Å². The number of aryl methyl sites for hydroxylation is 1. The van der Waals surface area contributed by atoms with E-state index in [1.54, 1.807) is 6.20 Å².